The largest absolute Gasteiger partial charge is 0.464 e. The Kier molecular flexibility index (Phi) is 7.00. The number of carbonyl (C=O) groups is 3. The summed E-state index contributed by atoms with van der Waals surface area (Å²) in [6.07, 6.45) is 4.35. The van der Waals surface area contributed by atoms with Crippen LogP contribution in [0.2, 0.25) is 0 Å². The van der Waals surface area contributed by atoms with Crippen LogP contribution < -0.4 is 11.1 Å². The van der Waals surface area contributed by atoms with Crippen molar-refractivity contribution in [1.29, 1.82) is 0 Å². The number of hydrogen-bond donors (Lipinski definition) is 3. The van der Waals surface area contributed by atoms with E-state index in [1.54, 1.807) is 25.7 Å². The smallest absolute Gasteiger partial charge is 0.328 e. The van der Waals surface area contributed by atoms with Crippen molar-refractivity contribution >= 4 is 28.7 Å². The van der Waals surface area contributed by atoms with Gasteiger partial charge < -0.3 is 25.7 Å². The number of piperidine rings is 1. The number of benzene rings is 1. The van der Waals surface area contributed by atoms with Crippen molar-refractivity contribution in [3.8, 4) is 0 Å². The van der Waals surface area contributed by atoms with Crippen LogP contribution in [0.15, 0.2) is 30.5 Å². The minimum Gasteiger partial charge on any atom is -0.464 e. The van der Waals surface area contributed by atoms with Crippen molar-refractivity contribution < 1.29 is 19.1 Å². The minimum atomic E-state index is -1.14. The van der Waals surface area contributed by atoms with Crippen molar-refractivity contribution in [3.05, 3.63) is 36.0 Å². The molecule has 1 fully saturated rings. The molecule has 0 bridgehead atoms. The molecule has 2 aromatic rings. The zero-order chi connectivity index (χ0) is 22.6. The molecule has 0 aliphatic carbocycles. The number of esters is 1. The first-order valence-electron chi connectivity index (χ1n) is 10.8. The Balaban J connectivity index is 1.89. The Bertz CT molecular complexity index is 946. The molecule has 8 heteroatoms. The molecule has 0 unspecified atom stereocenters. The molecule has 8 nitrogen and oxygen atoms in total. The van der Waals surface area contributed by atoms with Gasteiger partial charge in [-0.05, 0) is 51.7 Å². The van der Waals surface area contributed by atoms with Crippen molar-refractivity contribution in [2.45, 2.75) is 64.1 Å². The lowest BCUT2D eigenvalue weighted by Gasteiger charge is -2.37. The van der Waals surface area contributed by atoms with Gasteiger partial charge in [0.1, 0.15) is 12.1 Å². The summed E-state index contributed by atoms with van der Waals surface area (Å²) in [4.78, 5) is 43.5. The molecule has 3 rings (SSSR count). The quantitative estimate of drug-likeness (QED) is 0.582. The number of fused-ring (bicyclic) bond motifs is 1. The first-order valence-corrected chi connectivity index (χ1v) is 10.8. The Morgan fingerprint density at radius 2 is 2.03 bits per heavy atom. The summed E-state index contributed by atoms with van der Waals surface area (Å²) in [6, 6.07) is 6.32. The molecule has 1 aliphatic rings. The van der Waals surface area contributed by atoms with Gasteiger partial charge in [0.25, 0.3) is 0 Å². The van der Waals surface area contributed by atoms with Gasteiger partial charge in [-0.3, -0.25) is 9.59 Å². The molecule has 1 aliphatic heterocycles. The summed E-state index contributed by atoms with van der Waals surface area (Å²) in [5.74, 6) is -1.11. The van der Waals surface area contributed by atoms with Crippen molar-refractivity contribution in [1.82, 2.24) is 15.2 Å². The summed E-state index contributed by atoms with van der Waals surface area (Å²) in [5.41, 5.74) is 6.70. The third-order valence-corrected chi connectivity index (χ3v) is 5.63. The number of rotatable bonds is 7. The number of aromatic nitrogens is 1. The van der Waals surface area contributed by atoms with Crippen LogP contribution in [-0.2, 0) is 25.5 Å². The number of aromatic amines is 1. The molecule has 4 N–H and O–H groups in total. The molecule has 1 aromatic carbocycles. The normalized spacial score (nSPS) is 17.9. The first kappa shape index (κ1) is 22.8. The van der Waals surface area contributed by atoms with Crippen LogP contribution in [0.5, 0.6) is 0 Å². The number of nitrogens with one attached hydrogen (secondary N) is 2. The van der Waals surface area contributed by atoms with Gasteiger partial charge in [-0.1, -0.05) is 18.2 Å². The number of nitrogens with zero attached hydrogens (tertiary/aromatic N) is 1. The van der Waals surface area contributed by atoms with Gasteiger partial charge >= 0.3 is 5.97 Å². The summed E-state index contributed by atoms with van der Waals surface area (Å²) in [7, 11) is 0. The molecule has 31 heavy (non-hydrogen) atoms. The SMILES string of the molecule is CCOC(=O)[C@H]1CCCCN1C(=O)[C@@H](Cc1c[nH]c2ccccc12)NC(=O)C(C)(C)N. The molecule has 1 saturated heterocycles. The van der Waals surface area contributed by atoms with E-state index in [4.69, 9.17) is 10.5 Å². The summed E-state index contributed by atoms with van der Waals surface area (Å²) >= 11 is 0. The molecule has 0 radical (unpaired) electrons. The standard InChI is InChI=1S/C23H32N4O4/c1-4-31-21(29)19-11-7-8-12-27(19)20(28)18(26-22(30)23(2,3)24)13-15-14-25-17-10-6-5-9-16(15)17/h5-6,9-10,14,18-19,25H,4,7-8,11-13,24H2,1-3H3,(H,26,30)/t18-,19-/m1/s1. The van der Waals surface area contributed by atoms with Gasteiger partial charge in [-0.25, -0.2) is 4.79 Å². The highest BCUT2D eigenvalue weighted by Gasteiger charge is 2.38. The highest BCUT2D eigenvalue weighted by molar-refractivity contribution is 5.94. The van der Waals surface area contributed by atoms with Crippen LogP contribution in [0.25, 0.3) is 10.9 Å². The monoisotopic (exact) mass is 428 g/mol. The van der Waals surface area contributed by atoms with Crippen molar-refractivity contribution in [3.63, 3.8) is 0 Å². The van der Waals surface area contributed by atoms with E-state index in [1.165, 1.54) is 0 Å². The highest BCUT2D eigenvalue weighted by Crippen LogP contribution is 2.23. The predicted molar refractivity (Wildman–Crippen MR) is 118 cm³/mol. The summed E-state index contributed by atoms with van der Waals surface area (Å²) in [6.45, 7) is 5.65. The van der Waals surface area contributed by atoms with Crippen LogP contribution in [0, 0.1) is 0 Å². The van der Waals surface area contributed by atoms with Crippen molar-refractivity contribution in [2.75, 3.05) is 13.2 Å². The fourth-order valence-corrected chi connectivity index (χ4v) is 3.94. The van der Waals surface area contributed by atoms with Gasteiger partial charge in [0.05, 0.1) is 12.1 Å². The number of hydrogen-bond acceptors (Lipinski definition) is 5. The molecule has 1 aromatic heterocycles. The fraction of sp³-hybridized carbons (Fsp3) is 0.522. The van der Waals surface area contributed by atoms with E-state index in [1.807, 2.05) is 30.5 Å². The molecule has 168 valence electrons. The van der Waals surface area contributed by atoms with E-state index in [0.29, 0.717) is 13.0 Å². The molecule has 0 spiro atoms. The van der Waals surface area contributed by atoms with E-state index in [0.717, 1.165) is 29.3 Å². The van der Waals surface area contributed by atoms with Crippen LogP contribution in [0.3, 0.4) is 0 Å². The van der Waals surface area contributed by atoms with Gasteiger partial charge in [0.2, 0.25) is 11.8 Å². The molecule has 2 atom stereocenters. The van der Waals surface area contributed by atoms with Crippen LogP contribution in [0.4, 0.5) is 0 Å². The number of para-hydroxylation sites is 1. The summed E-state index contributed by atoms with van der Waals surface area (Å²) in [5, 5.41) is 3.82. The zero-order valence-corrected chi connectivity index (χ0v) is 18.4. The third kappa shape index (κ3) is 5.25. The topological polar surface area (TPSA) is 118 Å². The van der Waals surface area contributed by atoms with E-state index >= 15 is 0 Å². The van der Waals surface area contributed by atoms with Gasteiger partial charge in [-0.15, -0.1) is 0 Å². The first-order chi connectivity index (χ1) is 14.7. The highest BCUT2D eigenvalue weighted by atomic mass is 16.5. The van der Waals surface area contributed by atoms with Crippen LogP contribution in [0.1, 0.15) is 45.6 Å². The number of ether oxygens (including phenoxy) is 1. The van der Waals surface area contributed by atoms with Crippen LogP contribution >= 0.6 is 0 Å². The second-order valence-corrected chi connectivity index (χ2v) is 8.61. The number of carbonyl (C=O) groups excluding carboxylic acids is 3. The predicted octanol–water partition coefficient (Wildman–Crippen LogP) is 1.88. The molecular weight excluding hydrogens is 396 g/mol. The van der Waals surface area contributed by atoms with E-state index in [-0.39, 0.29) is 18.9 Å². The Hall–Kier alpha value is -2.87. The zero-order valence-electron chi connectivity index (χ0n) is 18.4. The van der Waals surface area contributed by atoms with Gasteiger partial charge in [0, 0.05) is 30.1 Å². The average molecular weight is 429 g/mol. The molecular formula is C23H32N4O4. The molecule has 2 heterocycles. The molecule has 0 saturated carbocycles. The number of H-pyrrole nitrogens is 1. The maximum atomic E-state index is 13.6. The molecule has 2 amide bonds. The Labute approximate surface area is 182 Å². The number of nitrogens with two attached hydrogens (primary N) is 1. The van der Waals surface area contributed by atoms with E-state index < -0.39 is 29.5 Å². The Morgan fingerprint density at radius 1 is 1.29 bits per heavy atom. The van der Waals surface area contributed by atoms with Crippen LogP contribution in [-0.4, -0.2) is 58.4 Å². The van der Waals surface area contributed by atoms with Crippen molar-refractivity contribution in [2.24, 2.45) is 5.73 Å². The second-order valence-electron chi connectivity index (χ2n) is 8.61. The van der Waals surface area contributed by atoms with Gasteiger partial charge in [-0.2, -0.15) is 0 Å². The lowest BCUT2D eigenvalue weighted by atomic mass is 9.97. The van der Waals surface area contributed by atoms with Gasteiger partial charge in [0.15, 0.2) is 0 Å². The lowest BCUT2D eigenvalue weighted by Crippen LogP contribution is -2.60. The summed E-state index contributed by atoms with van der Waals surface area (Å²) < 4.78 is 5.20. The maximum Gasteiger partial charge on any atom is 0.328 e. The number of likely N-dealkylation sites (tertiary alicyclic amines) is 1. The fourth-order valence-electron chi connectivity index (χ4n) is 3.94. The third-order valence-electron chi connectivity index (χ3n) is 5.63. The second kappa shape index (κ2) is 9.51. The Morgan fingerprint density at radius 3 is 2.74 bits per heavy atom. The minimum absolute atomic E-state index is 0.258. The maximum absolute atomic E-state index is 13.6. The lowest BCUT2D eigenvalue weighted by molar-refractivity contribution is -0.157. The number of amides is 2. The average Bonchev–Trinajstić information content (AvgIpc) is 3.15. The van der Waals surface area contributed by atoms with E-state index in [9.17, 15) is 14.4 Å². The van der Waals surface area contributed by atoms with E-state index in [2.05, 4.69) is 10.3 Å².